The molecular formula is C13H11BrO2S. The summed E-state index contributed by atoms with van der Waals surface area (Å²) in [5, 5.41) is 0. The molecule has 0 aromatic heterocycles. The summed E-state index contributed by atoms with van der Waals surface area (Å²) in [4.78, 5) is 0.610. The molecular weight excluding hydrogens is 300 g/mol. The number of hydrogen-bond acceptors (Lipinski definition) is 2. The molecule has 0 aliphatic rings. The zero-order valence-electron chi connectivity index (χ0n) is 9.22. The Morgan fingerprint density at radius 2 is 1.53 bits per heavy atom. The lowest BCUT2D eigenvalue weighted by molar-refractivity contribution is 0.595. The first kappa shape index (κ1) is 12.3. The Bertz CT molecular complexity index is 631. The highest BCUT2D eigenvalue weighted by Crippen LogP contribution is 2.27. The van der Waals surface area contributed by atoms with Crippen molar-refractivity contribution < 1.29 is 8.42 Å². The zero-order valence-corrected chi connectivity index (χ0v) is 11.6. The highest BCUT2D eigenvalue weighted by atomic mass is 79.9. The van der Waals surface area contributed by atoms with Crippen LogP contribution in [0.25, 0.3) is 0 Å². The monoisotopic (exact) mass is 310 g/mol. The van der Waals surface area contributed by atoms with Crippen molar-refractivity contribution in [1.29, 1.82) is 0 Å². The van der Waals surface area contributed by atoms with E-state index in [1.165, 1.54) is 0 Å². The number of hydrogen-bond donors (Lipinski definition) is 0. The Kier molecular flexibility index (Phi) is 3.35. The van der Waals surface area contributed by atoms with Crippen molar-refractivity contribution >= 4 is 25.8 Å². The summed E-state index contributed by atoms with van der Waals surface area (Å²) in [6.45, 7) is 1.93. The number of benzene rings is 2. The fraction of sp³-hybridized carbons (Fsp3) is 0.0769. The van der Waals surface area contributed by atoms with E-state index in [0.29, 0.717) is 14.3 Å². The standard InChI is InChI=1S/C13H11BrO2S/c1-10-6-8-11(9-7-10)17(15,16)13-5-3-2-4-12(13)14/h2-9H,1H3. The molecule has 0 heterocycles. The van der Waals surface area contributed by atoms with Crippen LogP contribution in [-0.2, 0) is 9.84 Å². The Balaban J connectivity index is 2.58. The van der Waals surface area contributed by atoms with Gasteiger partial charge < -0.3 is 0 Å². The van der Waals surface area contributed by atoms with Gasteiger partial charge in [0.1, 0.15) is 0 Å². The van der Waals surface area contributed by atoms with Crippen molar-refractivity contribution in [3.8, 4) is 0 Å². The fourth-order valence-corrected chi connectivity index (χ4v) is 3.76. The predicted molar refractivity (Wildman–Crippen MR) is 70.8 cm³/mol. The first-order valence-corrected chi connectivity index (χ1v) is 7.36. The summed E-state index contributed by atoms with van der Waals surface area (Å²) in [5.41, 5.74) is 1.04. The summed E-state index contributed by atoms with van der Waals surface area (Å²) in [7, 11) is -3.43. The van der Waals surface area contributed by atoms with Crippen molar-refractivity contribution in [2.45, 2.75) is 16.7 Å². The van der Waals surface area contributed by atoms with Gasteiger partial charge >= 0.3 is 0 Å². The molecule has 0 unspecified atom stereocenters. The van der Waals surface area contributed by atoms with Gasteiger partial charge in [0.15, 0.2) is 0 Å². The topological polar surface area (TPSA) is 34.1 Å². The van der Waals surface area contributed by atoms with Crippen molar-refractivity contribution in [2.75, 3.05) is 0 Å². The summed E-state index contributed by atoms with van der Waals surface area (Å²) < 4.78 is 25.3. The van der Waals surface area contributed by atoms with Gasteiger partial charge in [-0.05, 0) is 47.1 Å². The molecule has 0 aliphatic heterocycles. The van der Waals surface area contributed by atoms with Crippen LogP contribution in [0.5, 0.6) is 0 Å². The third kappa shape index (κ3) is 2.42. The normalized spacial score (nSPS) is 11.4. The van der Waals surface area contributed by atoms with Crippen LogP contribution in [0.1, 0.15) is 5.56 Å². The highest BCUT2D eigenvalue weighted by molar-refractivity contribution is 9.10. The van der Waals surface area contributed by atoms with Gasteiger partial charge in [0, 0.05) is 4.47 Å². The molecule has 2 aromatic carbocycles. The molecule has 0 atom stereocenters. The first-order valence-electron chi connectivity index (χ1n) is 5.08. The van der Waals surface area contributed by atoms with Crippen LogP contribution in [-0.4, -0.2) is 8.42 Å². The summed E-state index contributed by atoms with van der Waals surface area (Å²) in [6.07, 6.45) is 0. The highest BCUT2D eigenvalue weighted by Gasteiger charge is 2.19. The smallest absolute Gasteiger partial charge is 0.207 e. The summed E-state index contributed by atoms with van der Waals surface area (Å²) >= 11 is 3.26. The molecule has 88 valence electrons. The molecule has 0 fully saturated rings. The van der Waals surface area contributed by atoms with Crippen LogP contribution < -0.4 is 0 Å². The van der Waals surface area contributed by atoms with Gasteiger partial charge in [-0.3, -0.25) is 0 Å². The third-order valence-corrected chi connectivity index (χ3v) is 5.24. The van der Waals surface area contributed by atoms with Crippen LogP contribution in [0, 0.1) is 6.92 Å². The molecule has 0 saturated carbocycles. The predicted octanol–water partition coefficient (Wildman–Crippen LogP) is 3.59. The lowest BCUT2D eigenvalue weighted by Gasteiger charge is -2.06. The Morgan fingerprint density at radius 1 is 0.941 bits per heavy atom. The van der Waals surface area contributed by atoms with Crippen molar-refractivity contribution in [2.24, 2.45) is 0 Å². The van der Waals surface area contributed by atoms with Gasteiger partial charge in [-0.2, -0.15) is 0 Å². The van der Waals surface area contributed by atoms with Gasteiger partial charge in [-0.25, -0.2) is 8.42 Å². The van der Waals surface area contributed by atoms with Gasteiger partial charge in [0.25, 0.3) is 0 Å². The Morgan fingerprint density at radius 3 is 2.12 bits per heavy atom. The van der Waals surface area contributed by atoms with Gasteiger partial charge in [0.2, 0.25) is 9.84 Å². The number of sulfone groups is 1. The molecule has 0 spiro atoms. The maximum atomic E-state index is 12.3. The summed E-state index contributed by atoms with van der Waals surface area (Å²) in [5.74, 6) is 0. The minimum atomic E-state index is -3.43. The molecule has 2 nitrogen and oxygen atoms in total. The Hall–Kier alpha value is -1.13. The molecule has 2 rings (SSSR count). The van der Waals surface area contributed by atoms with E-state index in [0.717, 1.165) is 5.56 Å². The number of halogens is 1. The van der Waals surface area contributed by atoms with E-state index in [2.05, 4.69) is 15.9 Å². The molecule has 17 heavy (non-hydrogen) atoms. The van der Waals surface area contributed by atoms with Crippen LogP contribution >= 0.6 is 15.9 Å². The van der Waals surface area contributed by atoms with Crippen molar-refractivity contribution in [3.63, 3.8) is 0 Å². The molecule has 0 aliphatic carbocycles. The van der Waals surface area contributed by atoms with Gasteiger partial charge in [-0.15, -0.1) is 0 Å². The maximum Gasteiger partial charge on any atom is 0.207 e. The van der Waals surface area contributed by atoms with E-state index < -0.39 is 9.84 Å². The second-order valence-corrected chi connectivity index (χ2v) is 6.52. The maximum absolute atomic E-state index is 12.3. The fourth-order valence-electron chi connectivity index (χ4n) is 1.51. The minimum Gasteiger partial charge on any atom is -0.218 e. The molecule has 2 aromatic rings. The van der Waals surface area contributed by atoms with Crippen LogP contribution in [0.4, 0.5) is 0 Å². The lowest BCUT2D eigenvalue weighted by atomic mass is 10.2. The molecule has 0 saturated heterocycles. The SMILES string of the molecule is Cc1ccc(S(=O)(=O)c2ccccc2Br)cc1. The lowest BCUT2D eigenvalue weighted by Crippen LogP contribution is -2.02. The quantitative estimate of drug-likeness (QED) is 0.849. The average molecular weight is 311 g/mol. The third-order valence-electron chi connectivity index (χ3n) is 2.46. The number of rotatable bonds is 2. The minimum absolute atomic E-state index is 0.295. The van der Waals surface area contributed by atoms with Crippen molar-refractivity contribution in [3.05, 3.63) is 58.6 Å². The second kappa shape index (κ2) is 4.63. The van der Waals surface area contributed by atoms with Crippen LogP contribution in [0.3, 0.4) is 0 Å². The van der Waals surface area contributed by atoms with E-state index in [-0.39, 0.29) is 0 Å². The second-order valence-electron chi connectivity index (χ2n) is 3.75. The van der Waals surface area contributed by atoms with Gasteiger partial charge in [0.05, 0.1) is 9.79 Å². The molecule has 0 bridgehead atoms. The van der Waals surface area contributed by atoms with E-state index in [4.69, 9.17) is 0 Å². The van der Waals surface area contributed by atoms with E-state index in [1.807, 2.05) is 6.92 Å². The van der Waals surface area contributed by atoms with Crippen molar-refractivity contribution in [1.82, 2.24) is 0 Å². The Labute approximate surface area is 109 Å². The van der Waals surface area contributed by atoms with Crippen LogP contribution in [0.15, 0.2) is 62.8 Å². The zero-order chi connectivity index (χ0) is 12.5. The molecule has 4 heteroatoms. The number of aryl methyl sites for hydroxylation is 1. The van der Waals surface area contributed by atoms with E-state index in [9.17, 15) is 8.42 Å². The average Bonchev–Trinajstić information content (AvgIpc) is 2.30. The summed E-state index contributed by atoms with van der Waals surface area (Å²) in [6, 6.07) is 13.7. The van der Waals surface area contributed by atoms with E-state index >= 15 is 0 Å². The molecule has 0 amide bonds. The van der Waals surface area contributed by atoms with Crippen LogP contribution in [0.2, 0.25) is 0 Å². The largest absolute Gasteiger partial charge is 0.218 e. The van der Waals surface area contributed by atoms with E-state index in [1.54, 1.807) is 48.5 Å². The molecule has 0 radical (unpaired) electrons. The van der Waals surface area contributed by atoms with Gasteiger partial charge in [-0.1, -0.05) is 29.8 Å². The molecule has 0 N–H and O–H groups in total. The first-order chi connectivity index (χ1) is 8.01.